The Balaban J connectivity index is 1.71. The van der Waals surface area contributed by atoms with Crippen molar-refractivity contribution in [2.24, 2.45) is 5.92 Å². The molecule has 2 nitrogen and oxygen atoms in total. The highest BCUT2D eigenvalue weighted by Crippen LogP contribution is 2.50. The number of hydrogen-bond acceptors (Lipinski definition) is 1. The van der Waals surface area contributed by atoms with Crippen molar-refractivity contribution in [2.45, 2.75) is 19.3 Å². The summed E-state index contributed by atoms with van der Waals surface area (Å²) in [7, 11) is 0. The van der Waals surface area contributed by atoms with Crippen LogP contribution in [0.1, 0.15) is 23.5 Å². The third kappa shape index (κ3) is 2.93. The summed E-state index contributed by atoms with van der Waals surface area (Å²) < 4.78 is 13.7. The zero-order chi connectivity index (χ0) is 15.0. The molecule has 1 N–H and O–H groups in total. The van der Waals surface area contributed by atoms with Crippen molar-refractivity contribution in [3.63, 3.8) is 0 Å². The van der Waals surface area contributed by atoms with Gasteiger partial charge in [0, 0.05) is 10.9 Å². The Morgan fingerprint density at radius 3 is 2.81 bits per heavy atom. The fraction of sp³-hybridized carbons (Fsp3) is 0.235. The van der Waals surface area contributed by atoms with Crippen molar-refractivity contribution in [3.8, 4) is 0 Å². The van der Waals surface area contributed by atoms with Crippen LogP contribution in [0, 0.1) is 18.7 Å². The number of carbonyl (C=O) groups excluding carboxylic acids is 1. The maximum atomic E-state index is 13.7. The molecule has 0 saturated heterocycles. The summed E-state index contributed by atoms with van der Waals surface area (Å²) in [6.07, 6.45) is 0.753. The van der Waals surface area contributed by atoms with Gasteiger partial charge >= 0.3 is 0 Å². The van der Waals surface area contributed by atoms with Crippen LogP contribution in [-0.2, 0) is 4.79 Å². The van der Waals surface area contributed by atoms with Gasteiger partial charge in [-0.15, -0.1) is 0 Å². The van der Waals surface area contributed by atoms with Crippen LogP contribution in [0.15, 0.2) is 42.5 Å². The van der Waals surface area contributed by atoms with Crippen LogP contribution in [0.3, 0.4) is 0 Å². The molecule has 1 aliphatic rings. The molecule has 2 atom stereocenters. The van der Waals surface area contributed by atoms with Crippen LogP contribution in [0.2, 0.25) is 5.02 Å². The summed E-state index contributed by atoms with van der Waals surface area (Å²) in [5, 5.41) is 3.36. The maximum absolute atomic E-state index is 13.7. The van der Waals surface area contributed by atoms with Gasteiger partial charge in [-0.05, 0) is 48.6 Å². The Hall–Kier alpha value is -1.87. The van der Waals surface area contributed by atoms with Gasteiger partial charge < -0.3 is 5.32 Å². The predicted octanol–water partition coefficient (Wildman–Crippen LogP) is 4.53. The van der Waals surface area contributed by atoms with Gasteiger partial charge in [-0.3, -0.25) is 4.79 Å². The van der Waals surface area contributed by atoms with E-state index in [4.69, 9.17) is 11.6 Å². The van der Waals surface area contributed by atoms with Crippen LogP contribution in [0.5, 0.6) is 0 Å². The number of rotatable bonds is 3. The molecule has 2 unspecified atom stereocenters. The molecule has 1 amide bonds. The zero-order valence-corrected chi connectivity index (χ0v) is 12.3. The average Bonchev–Trinajstić information content (AvgIpc) is 3.24. The number of hydrogen-bond donors (Lipinski definition) is 1. The lowest BCUT2D eigenvalue weighted by molar-refractivity contribution is -0.117. The fourth-order valence-electron chi connectivity index (χ4n) is 2.56. The molecular formula is C17H15ClFNO. The molecule has 0 spiro atoms. The van der Waals surface area contributed by atoms with Gasteiger partial charge in [0.05, 0.1) is 5.69 Å². The Morgan fingerprint density at radius 1 is 1.29 bits per heavy atom. The van der Waals surface area contributed by atoms with Crippen LogP contribution in [0.25, 0.3) is 0 Å². The number of amides is 1. The molecule has 3 rings (SSSR count). The Bertz CT molecular complexity index is 701. The molecule has 1 aliphatic carbocycles. The van der Waals surface area contributed by atoms with Crippen LogP contribution >= 0.6 is 11.6 Å². The van der Waals surface area contributed by atoms with Gasteiger partial charge in [-0.1, -0.05) is 35.9 Å². The molecule has 0 aromatic heterocycles. The summed E-state index contributed by atoms with van der Waals surface area (Å²) in [5.74, 6) is -0.565. The van der Waals surface area contributed by atoms with Gasteiger partial charge in [-0.2, -0.15) is 0 Å². The molecule has 21 heavy (non-hydrogen) atoms. The lowest BCUT2D eigenvalue weighted by atomic mass is 10.1. The van der Waals surface area contributed by atoms with Crippen molar-refractivity contribution >= 4 is 23.2 Å². The minimum atomic E-state index is -0.413. The molecule has 0 heterocycles. The molecule has 4 heteroatoms. The molecule has 2 aromatic carbocycles. The van der Waals surface area contributed by atoms with Crippen molar-refractivity contribution < 1.29 is 9.18 Å². The molecule has 0 bridgehead atoms. The molecular weight excluding hydrogens is 289 g/mol. The number of nitrogens with one attached hydrogen (secondary N) is 1. The van der Waals surface area contributed by atoms with E-state index in [9.17, 15) is 9.18 Å². The van der Waals surface area contributed by atoms with Crippen LogP contribution < -0.4 is 5.32 Å². The smallest absolute Gasteiger partial charge is 0.228 e. The summed E-state index contributed by atoms with van der Waals surface area (Å²) in [6, 6.07) is 12.2. The first kappa shape index (κ1) is 14.1. The highest BCUT2D eigenvalue weighted by atomic mass is 35.5. The minimum absolute atomic E-state index is 0.131. The number of aryl methyl sites for hydroxylation is 1. The van der Waals surface area contributed by atoms with E-state index in [0.29, 0.717) is 5.02 Å². The van der Waals surface area contributed by atoms with E-state index in [-0.39, 0.29) is 23.4 Å². The van der Waals surface area contributed by atoms with E-state index in [1.165, 1.54) is 6.07 Å². The highest BCUT2D eigenvalue weighted by molar-refractivity contribution is 6.31. The fourth-order valence-corrected chi connectivity index (χ4v) is 2.84. The van der Waals surface area contributed by atoms with Crippen molar-refractivity contribution in [1.82, 2.24) is 0 Å². The first-order chi connectivity index (χ1) is 10.1. The van der Waals surface area contributed by atoms with Crippen molar-refractivity contribution in [2.75, 3.05) is 5.32 Å². The van der Waals surface area contributed by atoms with Gasteiger partial charge in [0.25, 0.3) is 0 Å². The maximum Gasteiger partial charge on any atom is 0.228 e. The van der Waals surface area contributed by atoms with Crippen molar-refractivity contribution in [3.05, 3.63) is 64.4 Å². The topological polar surface area (TPSA) is 29.1 Å². The SMILES string of the molecule is Cc1ccc(F)c(NC(=O)C2CC2c2ccccc2Cl)c1. The molecule has 0 aliphatic heterocycles. The van der Waals surface area contributed by atoms with E-state index in [2.05, 4.69) is 5.32 Å². The average molecular weight is 304 g/mol. The minimum Gasteiger partial charge on any atom is -0.323 e. The van der Waals surface area contributed by atoms with E-state index in [0.717, 1.165) is 17.5 Å². The van der Waals surface area contributed by atoms with Gasteiger partial charge in [0.1, 0.15) is 5.82 Å². The van der Waals surface area contributed by atoms with Gasteiger partial charge in [0.15, 0.2) is 0 Å². The van der Waals surface area contributed by atoms with E-state index >= 15 is 0 Å². The molecule has 0 radical (unpaired) electrons. The second kappa shape index (κ2) is 5.49. The molecule has 1 saturated carbocycles. The number of carbonyl (C=O) groups is 1. The summed E-state index contributed by atoms with van der Waals surface area (Å²) >= 11 is 6.14. The van der Waals surface area contributed by atoms with Crippen LogP contribution in [0.4, 0.5) is 10.1 Å². The second-order valence-corrected chi connectivity index (χ2v) is 5.85. The third-order valence-electron chi connectivity index (χ3n) is 3.81. The predicted molar refractivity (Wildman–Crippen MR) is 82.1 cm³/mol. The lowest BCUT2D eigenvalue weighted by Crippen LogP contribution is -2.15. The quantitative estimate of drug-likeness (QED) is 0.887. The number of anilines is 1. The van der Waals surface area contributed by atoms with Gasteiger partial charge in [-0.25, -0.2) is 4.39 Å². The number of halogens is 2. The van der Waals surface area contributed by atoms with E-state index in [1.54, 1.807) is 12.1 Å². The Morgan fingerprint density at radius 2 is 2.05 bits per heavy atom. The van der Waals surface area contributed by atoms with Crippen molar-refractivity contribution in [1.29, 1.82) is 0 Å². The largest absolute Gasteiger partial charge is 0.323 e. The normalized spacial score (nSPS) is 20.1. The monoisotopic (exact) mass is 303 g/mol. The van der Waals surface area contributed by atoms with Gasteiger partial charge in [0.2, 0.25) is 5.91 Å². The summed E-state index contributed by atoms with van der Waals surface area (Å²) in [6.45, 7) is 1.86. The molecule has 2 aromatic rings. The zero-order valence-electron chi connectivity index (χ0n) is 11.6. The standard InChI is InChI=1S/C17H15ClFNO/c1-10-6-7-15(19)16(8-10)20-17(21)13-9-12(13)11-4-2-3-5-14(11)18/h2-8,12-13H,9H2,1H3,(H,20,21). The second-order valence-electron chi connectivity index (χ2n) is 5.44. The summed E-state index contributed by atoms with van der Waals surface area (Å²) in [4.78, 5) is 12.2. The first-order valence-corrected chi connectivity index (χ1v) is 7.25. The third-order valence-corrected chi connectivity index (χ3v) is 4.16. The van der Waals surface area contributed by atoms with Crippen LogP contribution in [-0.4, -0.2) is 5.91 Å². The highest BCUT2D eigenvalue weighted by Gasteiger charge is 2.44. The summed E-state index contributed by atoms with van der Waals surface area (Å²) in [5.41, 5.74) is 2.14. The first-order valence-electron chi connectivity index (χ1n) is 6.87. The van der Waals surface area contributed by atoms with E-state index < -0.39 is 5.82 Å². The number of benzene rings is 2. The molecule has 108 valence electrons. The lowest BCUT2D eigenvalue weighted by Gasteiger charge is -2.08. The Kier molecular flexibility index (Phi) is 3.68. The van der Waals surface area contributed by atoms with E-state index in [1.807, 2.05) is 31.2 Å². The Labute approximate surface area is 127 Å². The molecule has 1 fully saturated rings.